The minimum atomic E-state index is 0.276. The van der Waals surface area contributed by atoms with Crippen molar-refractivity contribution in [1.82, 2.24) is 0 Å². The zero-order valence-corrected chi connectivity index (χ0v) is 9.90. The van der Waals surface area contributed by atoms with Crippen LogP contribution in [0.25, 0.3) is 0 Å². The van der Waals surface area contributed by atoms with Crippen LogP contribution in [0.15, 0.2) is 28.7 Å². The molecule has 0 spiro atoms. The fourth-order valence-electron chi connectivity index (χ4n) is 1.22. The Hall–Kier alpha value is -0.580. The second-order valence-electron chi connectivity index (χ2n) is 3.33. The van der Waals surface area contributed by atoms with Crippen molar-refractivity contribution in [3.8, 4) is 5.75 Å². The van der Waals surface area contributed by atoms with Crippen LogP contribution in [0.2, 0.25) is 0 Å². The van der Waals surface area contributed by atoms with E-state index >= 15 is 0 Å². The Bertz CT molecular complexity index is 295. The monoisotopic (exact) mass is 272 g/mol. The summed E-state index contributed by atoms with van der Waals surface area (Å²) in [5.41, 5.74) is 0. The van der Waals surface area contributed by atoms with E-state index in [2.05, 4.69) is 15.9 Å². The molecular formula is C11H13BrO3. The van der Waals surface area contributed by atoms with Crippen LogP contribution >= 0.6 is 15.9 Å². The summed E-state index contributed by atoms with van der Waals surface area (Å²) in [6, 6.07) is 7.76. The van der Waals surface area contributed by atoms with Crippen LogP contribution in [0.5, 0.6) is 5.75 Å². The van der Waals surface area contributed by atoms with Crippen molar-refractivity contribution in [2.24, 2.45) is 0 Å². The summed E-state index contributed by atoms with van der Waals surface area (Å²) in [6.07, 6.45) is 0.276. The second-order valence-corrected chi connectivity index (χ2v) is 4.25. The van der Waals surface area contributed by atoms with Crippen LogP contribution in [0.4, 0.5) is 0 Å². The van der Waals surface area contributed by atoms with Crippen molar-refractivity contribution in [3.63, 3.8) is 0 Å². The maximum atomic E-state index is 5.49. The fourth-order valence-corrected chi connectivity index (χ4v) is 1.48. The summed E-state index contributed by atoms with van der Waals surface area (Å²) in [7, 11) is 0. The summed E-state index contributed by atoms with van der Waals surface area (Å²) in [6.45, 7) is 2.64. The number of benzene rings is 1. The van der Waals surface area contributed by atoms with E-state index in [-0.39, 0.29) is 6.10 Å². The van der Waals surface area contributed by atoms with Crippen molar-refractivity contribution >= 4 is 15.9 Å². The van der Waals surface area contributed by atoms with Crippen LogP contribution in [0, 0.1) is 0 Å². The first-order valence-corrected chi connectivity index (χ1v) is 5.71. The predicted molar refractivity (Wildman–Crippen MR) is 60.2 cm³/mol. The van der Waals surface area contributed by atoms with Crippen molar-refractivity contribution in [1.29, 1.82) is 0 Å². The van der Waals surface area contributed by atoms with E-state index in [0.29, 0.717) is 13.2 Å². The SMILES string of the molecule is Brc1ccc(OCCOC2COC2)cc1. The van der Waals surface area contributed by atoms with Gasteiger partial charge in [0.05, 0.1) is 19.8 Å². The molecule has 82 valence electrons. The zero-order chi connectivity index (χ0) is 10.5. The Morgan fingerprint density at radius 1 is 1.20 bits per heavy atom. The maximum absolute atomic E-state index is 5.49. The first-order chi connectivity index (χ1) is 7.34. The van der Waals surface area contributed by atoms with Gasteiger partial charge in [-0.15, -0.1) is 0 Å². The normalized spacial score (nSPS) is 16.1. The molecule has 1 aromatic carbocycles. The largest absolute Gasteiger partial charge is 0.491 e. The first-order valence-electron chi connectivity index (χ1n) is 4.92. The number of rotatable bonds is 5. The van der Waals surface area contributed by atoms with Gasteiger partial charge in [-0.05, 0) is 24.3 Å². The lowest BCUT2D eigenvalue weighted by Gasteiger charge is -2.25. The highest BCUT2D eigenvalue weighted by Gasteiger charge is 2.18. The van der Waals surface area contributed by atoms with Gasteiger partial charge in [0.1, 0.15) is 18.5 Å². The Morgan fingerprint density at radius 2 is 1.93 bits per heavy atom. The smallest absolute Gasteiger partial charge is 0.119 e. The van der Waals surface area contributed by atoms with Crippen molar-refractivity contribution in [2.45, 2.75) is 6.10 Å². The van der Waals surface area contributed by atoms with E-state index in [4.69, 9.17) is 14.2 Å². The van der Waals surface area contributed by atoms with Gasteiger partial charge in [-0.25, -0.2) is 0 Å². The fraction of sp³-hybridized carbons (Fsp3) is 0.455. The molecule has 0 bridgehead atoms. The molecule has 4 heteroatoms. The molecule has 0 radical (unpaired) electrons. The highest BCUT2D eigenvalue weighted by Crippen LogP contribution is 2.16. The van der Waals surface area contributed by atoms with Crippen molar-refractivity contribution < 1.29 is 14.2 Å². The minimum Gasteiger partial charge on any atom is -0.491 e. The van der Waals surface area contributed by atoms with Gasteiger partial charge in [-0.2, -0.15) is 0 Å². The van der Waals surface area contributed by atoms with Gasteiger partial charge >= 0.3 is 0 Å². The Kier molecular flexibility index (Phi) is 4.00. The van der Waals surface area contributed by atoms with Crippen LogP contribution < -0.4 is 4.74 Å². The van der Waals surface area contributed by atoms with E-state index in [0.717, 1.165) is 23.4 Å². The van der Waals surface area contributed by atoms with E-state index in [1.807, 2.05) is 24.3 Å². The molecule has 0 unspecified atom stereocenters. The number of ether oxygens (including phenoxy) is 3. The molecule has 1 saturated heterocycles. The third kappa shape index (κ3) is 3.48. The highest BCUT2D eigenvalue weighted by atomic mass is 79.9. The third-order valence-corrected chi connectivity index (χ3v) is 2.66. The third-order valence-electron chi connectivity index (χ3n) is 2.13. The van der Waals surface area contributed by atoms with Crippen molar-refractivity contribution in [3.05, 3.63) is 28.7 Å². The van der Waals surface area contributed by atoms with Crippen LogP contribution in [-0.2, 0) is 9.47 Å². The van der Waals surface area contributed by atoms with Gasteiger partial charge in [0, 0.05) is 4.47 Å². The average Bonchev–Trinajstić information content (AvgIpc) is 2.18. The summed E-state index contributed by atoms with van der Waals surface area (Å²) in [5.74, 6) is 0.867. The van der Waals surface area contributed by atoms with Crippen LogP contribution in [0.3, 0.4) is 0 Å². The Morgan fingerprint density at radius 3 is 2.53 bits per heavy atom. The van der Waals surface area contributed by atoms with Gasteiger partial charge in [0.2, 0.25) is 0 Å². The highest BCUT2D eigenvalue weighted by molar-refractivity contribution is 9.10. The lowest BCUT2D eigenvalue weighted by Crippen LogP contribution is -2.37. The zero-order valence-electron chi connectivity index (χ0n) is 8.32. The average molecular weight is 273 g/mol. The summed E-state index contributed by atoms with van der Waals surface area (Å²) >= 11 is 3.37. The molecule has 0 aliphatic carbocycles. The molecule has 0 N–H and O–H groups in total. The van der Waals surface area contributed by atoms with Crippen LogP contribution in [0.1, 0.15) is 0 Å². The molecule has 0 amide bonds. The summed E-state index contributed by atoms with van der Waals surface area (Å²) in [5, 5.41) is 0. The predicted octanol–water partition coefficient (Wildman–Crippen LogP) is 2.24. The molecule has 1 aromatic rings. The van der Waals surface area contributed by atoms with Crippen LogP contribution in [-0.4, -0.2) is 32.5 Å². The number of halogens is 1. The summed E-state index contributed by atoms with van der Waals surface area (Å²) in [4.78, 5) is 0. The lowest BCUT2D eigenvalue weighted by molar-refractivity contribution is -0.132. The molecule has 0 atom stereocenters. The molecule has 0 saturated carbocycles. The summed E-state index contributed by atoms with van der Waals surface area (Å²) < 4.78 is 17.0. The molecule has 2 rings (SSSR count). The molecule has 1 aliphatic rings. The molecule has 0 aromatic heterocycles. The maximum Gasteiger partial charge on any atom is 0.119 e. The molecular weight excluding hydrogens is 260 g/mol. The molecule has 1 aliphatic heterocycles. The molecule has 15 heavy (non-hydrogen) atoms. The van der Waals surface area contributed by atoms with Gasteiger partial charge < -0.3 is 14.2 Å². The molecule has 3 nitrogen and oxygen atoms in total. The second kappa shape index (κ2) is 5.49. The number of hydrogen-bond acceptors (Lipinski definition) is 3. The van der Waals surface area contributed by atoms with E-state index in [1.54, 1.807) is 0 Å². The Labute approximate surface area is 97.5 Å². The van der Waals surface area contributed by atoms with E-state index in [9.17, 15) is 0 Å². The molecule has 1 fully saturated rings. The van der Waals surface area contributed by atoms with Gasteiger partial charge in [0.25, 0.3) is 0 Å². The van der Waals surface area contributed by atoms with E-state index < -0.39 is 0 Å². The van der Waals surface area contributed by atoms with Gasteiger partial charge in [-0.3, -0.25) is 0 Å². The van der Waals surface area contributed by atoms with E-state index in [1.165, 1.54) is 0 Å². The topological polar surface area (TPSA) is 27.7 Å². The number of hydrogen-bond donors (Lipinski definition) is 0. The standard InChI is InChI=1S/C11H13BrO3/c12-9-1-3-10(4-2-9)14-5-6-15-11-7-13-8-11/h1-4,11H,5-8H2. The molecule has 1 heterocycles. The van der Waals surface area contributed by atoms with Crippen molar-refractivity contribution in [2.75, 3.05) is 26.4 Å². The first kappa shape index (κ1) is 10.9. The van der Waals surface area contributed by atoms with Gasteiger partial charge in [-0.1, -0.05) is 15.9 Å². The lowest BCUT2D eigenvalue weighted by atomic mass is 10.3. The van der Waals surface area contributed by atoms with Gasteiger partial charge in [0.15, 0.2) is 0 Å². The Balaban J connectivity index is 1.62. The minimum absolute atomic E-state index is 0.276. The quantitative estimate of drug-likeness (QED) is 0.770.